The van der Waals surface area contributed by atoms with Gasteiger partial charge in [0.1, 0.15) is 10.7 Å². The van der Waals surface area contributed by atoms with Crippen molar-refractivity contribution >= 4 is 44.7 Å². The number of nitrogens with two attached hydrogens (primary N) is 1. The first kappa shape index (κ1) is 14.9. The van der Waals surface area contributed by atoms with Crippen LogP contribution >= 0.6 is 23.2 Å². The average molecular weight is 332 g/mol. The van der Waals surface area contributed by atoms with E-state index in [-0.39, 0.29) is 26.4 Å². The summed E-state index contributed by atoms with van der Waals surface area (Å²) in [5, 5.41) is 0.0829. The van der Waals surface area contributed by atoms with Gasteiger partial charge in [0.05, 0.1) is 15.7 Å². The first-order chi connectivity index (χ1) is 9.31. The monoisotopic (exact) mass is 331 g/mol. The minimum absolute atomic E-state index is 0.0214. The van der Waals surface area contributed by atoms with Crippen molar-refractivity contribution in [3.63, 3.8) is 0 Å². The largest absolute Gasteiger partial charge is 0.396 e. The van der Waals surface area contributed by atoms with E-state index in [1.165, 1.54) is 12.1 Å². The fourth-order valence-electron chi connectivity index (χ4n) is 1.48. The zero-order valence-corrected chi connectivity index (χ0v) is 12.7. The van der Waals surface area contributed by atoms with Crippen LogP contribution in [0.4, 0.5) is 11.5 Å². The fraction of sp³-hybridized carbons (Fsp3) is 0.0833. The highest BCUT2D eigenvalue weighted by molar-refractivity contribution is 7.92. The second kappa shape index (κ2) is 5.47. The predicted molar refractivity (Wildman–Crippen MR) is 80.7 cm³/mol. The lowest BCUT2D eigenvalue weighted by Gasteiger charge is -2.11. The van der Waals surface area contributed by atoms with Gasteiger partial charge in [-0.3, -0.25) is 4.72 Å². The van der Waals surface area contributed by atoms with Crippen LogP contribution in [0, 0.1) is 6.92 Å². The molecule has 0 aliphatic heterocycles. The molecular weight excluding hydrogens is 321 g/mol. The van der Waals surface area contributed by atoms with Crippen LogP contribution in [0.15, 0.2) is 35.4 Å². The molecule has 0 aliphatic carbocycles. The van der Waals surface area contributed by atoms with E-state index < -0.39 is 10.0 Å². The molecule has 0 spiro atoms. The normalized spacial score (nSPS) is 11.3. The Morgan fingerprint density at radius 3 is 2.50 bits per heavy atom. The molecule has 106 valence electrons. The summed E-state index contributed by atoms with van der Waals surface area (Å²) in [7, 11) is -3.88. The van der Waals surface area contributed by atoms with Crippen molar-refractivity contribution in [2.45, 2.75) is 11.8 Å². The summed E-state index contributed by atoms with van der Waals surface area (Å²) in [6.45, 7) is 1.85. The lowest BCUT2D eigenvalue weighted by atomic mass is 10.3. The van der Waals surface area contributed by atoms with Crippen LogP contribution in [0.25, 0.3) is 0 Å². The number of anilines is 2. The Bertz CT molecular complexity index is 746. The quantitative estimate of drug-likeness (QED) is 0.846. The Morgan fingerprint density at radius 1 is 1.20 bits per heavy atom. The van der Waals surface area contributed by atoms with E-state index in [4.69, 9.17) is 28.9 Å². The minimum Gasteiger partial charge on any atom is -0.396 e. The summed E-state index contributed by atoms with van der Waals surface area (Å²) in [4.78, 5) is 3.82. The smallest absolute Gasteiger partial charge is 0.264 e. The van der Waals surface area contributed by atoms with Crippen molar-refractivity contribution in [2.75, 3.05) is 10.5 Å². The summed E-state index contributed by atoms with van der Waals surface area (Å²) in [5.41, 5.74) is 6.56. The van der Waals surface area contributed by atoms with Crippen molar-refractivity contribution in [1.82, 2.24) is 4.98 Å². The topological polar surface area (TPSA) is 85.1 Å². The Balaban J connectivity index is 2.41. The number of hydrogen-bond acceptors (Lipinski definition) is 4. The third-order valence-electron chi connectivity index (χ3n) is 2.53. The van der Waals surface area contributed by atoms with Gasteiger partial charge in [-0.25, -0.2) is 13.4 Å². The van der Waals surface area contributed by atoms with Crippen molar-refractivity contribution in [1.29, 1.82) is 0 Å². The maximum absolute atomic E-state index is 12.2. The fourth-order valence-corrected chi connectivity index (χ4v) is 3.25. The van der Waals surface area contributed by atoms with Gasteiger partial charge in [-0.2, -0.15) is 0 Å². The molecule has 0 unspecified atom stereocenters. The van der Waals surface area contributed by atoms with Crippen LogP contribution < -0.4 is 10.5 Å². The number of nitrogens with zero attached hydrogens (tertiary/aromatic N) is 1. The number of nitrogens with one attached hydrogen (secondary N) is 1. The summed E-state index contributed by atoms with van der Waals surface area (Å²) < 4.78 is 26.8. The van der Waals surface area contributed by atoms with Crippen molar-refractivity contribution < 1.29 is 8.42 Å². The minimum atomic E-state index is -3.88. The van der Waals surface area contributed by atoms with Gasteiger partial charge >= 0.3 is 0 Å². The van der Waals surface area contributed by atoms with Crippen molar-refractivity contribution in [3.05, 3.63) is 46.1 Å². The van der Waals surface area contributed by atoms with Gasteiger partial charge in [0.25, 0.3) is 10.0 Å². The van der Waals surface area contributed by atoms with Crippen LogP contribution in [0.3, 0.4) is 0 Å². The first-order valence-electron chi connectivity index (χ1n) is 5.50. The molecule has 3 N–H and O–H groups in total. The van der Waals surface area contributed by atoms with Crippen molar-refractivity contribution in [3.8, 4) is 0 Å². The van der Waals surface area contributed by atoms with E-state index in [0.717, 1.165) is 5.56 Å². The van der Waals surface area contributed by atoms with E-state index in [1.54, 1.807) is 18.3 Å². The van der Waals surface area contributed by atoms with E-state index in [2.05, 4.69) is 9.71 Å². The van der Waals surface area contributed by atoms with E-state index in [9.17, 15) is 8.42 Å². The predicted octanol–water partition coefficient (Wildman–Crippen LogP) is 3.08. The number of benzene rings is 1. The molecule has 5 nitrogen and oxygen atoms in total. The van der Waals surface area contributed by atoms with Crippen molar-refractivity contribution in [2.24, 2.45) is 0 Å². The van der Waals surface area contributed by atoms with E-state index in [1.807, 2.05) is 6.92 Å². The zero-order valence-electron chi connectivity index (χ0n) is 10.4. The van der Waals surface area contributed by atoms with Gasteiger partial charge in [-0.15, -0.1) is 0 Å². The van der Waals surface area contributed by atoms with Crippen LogP contribution in [-0.2, 0) is 10.0 Å². The van der Waals surface area contributed by atoms with Crippen LogP contribution in [0.1, 0.15) is 5.56 Å². The van der Waals surface area contributed by atoms with Gasteiger partial charge in [-0.05, 0) is 30.7 Å². The lowest BCUT2D eigenvalue weighted by Crippen LogP contribution is -2.15. The highest BCUT2D eigenvalue weighted by Crippen LogP contribution is 2.33. The SMILES string of the molecule is Cc1ccc(NS(=O)(=O)c2ccc(Cl)c(N)c2Cl)nc1. The molecule has 1 aromatic heterocycles. The molecular formula is C12H11Cl2N3O2S. The first-order valence-corrected chi connectivity index (χ1v) is 7.74. The molecule has 0 atom stereocenters. The van der Waals surface area contributed by atoms with Gasteiger partial charge in [-0.1, -0.05) is 29.3 Å². The van der Waals surface area contributed by atoms with Crippen LogP contribution in [-0.4, -0.2) is 13.4 Å². The molecule has 0 aliphatic rings. The van der Waals surface area contributed by atoms with Gasteiger partial charge in [0.2, 0.25) is 0 Å². The number of sulfonamides is 1. The third kappa shape index (κ3) is 2.98. The molecule has 1 heterocycles. The molecule has 0 bridgehead atoms. The number of nitrogen functional groups attached to an aromatic ring is 1. The number of rotatable bonds is 3. The molecule has 8 heteroatoms. The van der Waals surface area contributed by atoms with Gasteiger partial charge in [0, 0.05) is 6.20 Å². The van der Waals surface area contributed by atoms with E-state index in [0.29, 0.717) is 0 Å². The molecule has 2 rings (SSSR count). The Hall–Kier alpha value is -1.50. The number of halogens is 2. The summed E-state index contributed by atoms with van der Waals surface area (Å²) in [5.74, 6) is 0.195. The summed E-state index contributed by atoms with van der Waals surface area (Å²) >= 11 is 11.7. The van der Waals surface area contributed by atoms with E-state index >= 15 is 0 Å². The maximum Gasteiger partial charge on any atom is 0.264 e. The lowest BCUT2D eigenvalue weighted by molar-refractivity contribution is 0.601. The molecule has 2 aromatic rings. The molecule has 0 saturated carbocycles. The standard InChI is InChI=1S/C12H11Cl2N3O2S/c1-7-2-5-10(16-6-7)17-20(18,19)9-4-3-8(13)12(15)11(9)14/h2-6H,15H2,1H3,(H,16,17). The maximum atomic E-state index is 12.2. The Morgan fingerprint density at radius 2 is 1.90 bits per heavy atom. The van der Waals surface area contributed by atoms with Crippen LogP contribution in [0.5, 0.6) is 0 Å². The van der Waals surface area contributed by atoms with Crippen LogP contribution in [0.2, 0.25) is 10.0 Å². The van der Waals surface area contributed by atoms with Gasteiger partial charge in [0.15, 0.2) is 0 Å². The highest BCUT2D eigenvalue weighted by atomic mass is 35.5. The third-order valence-corrected chi connectivity index (χ3v) is 4.78. The molecule has 1 aromatic carbocycles. The highest BCUT2D eigenvalue weighted by Gasteiger charge is 2.21. The average Bonchev–Trinajstić information content (AvgIpc) is 2.38. The second-order valence-corrected chi connectivity index (χ2v) is 6.54. The summed E-state index contributed by atoms with van der Waals surface area (Å²) in [6.07, 6.45) is 1.55. The Kier molecular flexibility index (Phi) is 4.08. The number of aryl methyl sites for hydroxylation is 1. The number of pyridine rings is 1. The second-order valence-electron chi connectivity index (χ2n) is 4.10. The van der Waals surface area contributed by atoms with Gasteiger partial charge < -0.3 is 5.73 Å². The zero-order chi connectivity index (χ0) is 14.9. The number of aromatic nitrogens is 1. The molecule has 0 amide bonds. The molecule has 0 radical (unpaired) electrons. The number of hydrogen-bond donors (Lipinski definition) is 2. The molecule has 0 saturated heterocycles. The molecule has 0 fully saturated rings. The molecule has 20 heavy (non-hydrogen) atoms. The summed E-state index contributed by atoms with van der Waals surface area (Å²) in [6, 6.07) is 5.96. The Labute approximate surface area is 126 Å².